The van der Waals surface area contributed by atoms with Crippen LogP contribution in [0.25, 0.3) is 10.9 Å². The predicted molar refractivity (Wildman–Crippen MR) is 101 cm³/mol. The van der Waals surface area contributed by atoms with Crippen molar-refractivity contribution in [1.82, 2.24) is 4.98 Å². The molecule has 3 rings (SSSR count). The summed E-state index contributed by atoms with van der Waals surface area (Å²) in [4.78, 5) is 26.9. The zero-order chi connectivity index (χ0) is 19.4. The second-order valence-corrected chi connectivity index (χ2v) is 6.02. The van der Waals surface area contributed by atoms with Gasteiger partial charge in [0.15, 0.2) is 0 Å². The average molecular weight is 368 g/mol. The van der Waals surface area contributed by atoms with Crippen molar-refractivity contribution in [3.05, 3.63) is 76.0 Å². The van der Waals surface area contributed by atoms with Crippen LogP contribution in [0.15, 0.2) is 54.7 Å². The van der Waals surface area contributed by atoms with Gasteiger partial charge in [-0.2, -0.15) is 0 Å². The second kappa shape index (κ2) is 7.90. The number of nitrogens with zero attached hydrogens (tertiary/aromatic N) is 1. The summed E-state index contributed by atoms with van der Waals surface area (Å²) >= 11 is 0. The van der Waals surface area contributed by atoms with E-state index >= 15 is 0 Å². The number of rotatable bonds is 7. The highest BCUT2D eigenvalue weighted by Gasteiger charge is 2.43. The largest absolute Gasteiger partial charge is 0.497 e. The maximum Gasteiger partial charge on any atom is 0.382 e. The Bertz CT molecular complexity index is 948. The van der Waals surface area contributed by atoms with Gasteiger partial charge in [0.2, 0.25) is 0 Å². The normalized spacial score (nSPS) is 13.1. The molecule has 0 saturated heterocycles. The standard InChI is InChI=1S/C20H20N2O5/c1-3-27-20(23)19(22(24)25)18(13-8-10-14(26-2)11-9-13)16-12-21-17-7-5-4-6-15(16)17/h4-12,18-19,21H,3H2,1-2H3. The molecule has 1 aromatic heterocycles. The topological polar surface area (TPSA) is 94.5 Å². The number of benzene rings is 2. The summed E-state index contributed by atoms with van der Waals surface area (Å²) in [5, 5.41) is 12.7. The molecule has 0 aliphatic carbocycles. The molecule has 140 valence electrons. The van der Waals surface area contributed by atoms with Gasteiger partial charge in [-0.1, -0.05) is 30.3 Å². The van der Waals surface area contributed by atoms with Gasteiger partial charge < -0.3 is 14.5 Å². The fourth-order valence-electron chi connectivity index (χ4n) is 3.27. The van der Waals surface area contributed by atoms with E-state index in [1.165, 1.54) is 0 Å². The minimum Gasteiger partial charge on any atom is -0.497 e. The van der Waals surface area contributed by atoms with Crippen molar-refractivity contribution in [3.63, 3.8) is 0 Å². The Kier molecular flexibility index (Phi) is 5.40. The van der Waals surface area contributed by atoms with Gasteiger partial charge in [-0.15, -0.1) is 0 Å². The molecule has 0 aliphatic heterocycles. The molecule has 1 N–H and O–H groups in total. The Hall–Kier alpha value is -3.35. The zero-order valence-corrected chi connectivity index (χ0v) is 15.0. The summed E-state index contributed by atoms with van der Waals surface area (Å²) in [6.45, 7) is 1.70. The molecule has 0 saturated carbocycles. The van der Waals surface area contributed by atoms with Gasteiger partial charge in [-0.05, 0) is 36.2 Å². The van der Waals surface area contributed by atoms with Crippen molar-refractivity contribution in [2.24, 2.45) is 0 Å². The molecule has 7 nitrogen and oxygen atoms in total. The molecule has 0 aliphatic rings. The molecule has 0 amide bonds. The van der Waals surface area contributed by atoms with Gasteiger partial charge in [0.1, 0.15) is 5.75 Å². The maximum absolute atomic E-state index is 12.5. The molecular weight excluding hydrogens is 348 g/mol. The Labute approximate surface area is 156 Å². The lowest BCUT2D eigenvalue weighted by atomic mass is 9.85. The van der Waals surface area contributed by atoms with Gasteiger partial charge in [-0.25, -0.2) is 4.79 Å². The SMILES string of the molecule is CCOC(=O)C(C(c1ccc(OC)cc1)c1c[nH]c2ccccc12)[N+](=O)[O-]. The Morgan fingerprint density at radius 3 is 2.52 bits per heavy atom. The first-order valence-electron chi connectivity index (χ1n) is 8.57. The number of H-pyrrole nitrogens is 1. The van der Waals surface area contributed by atoms with Crippen molar-refractivity contribution >= 4 is 16.9 Å². The first-order chi connectivity index (χ1) is 13.1. The van der Waals surface area contributed by atoms with Crippen LogP contribution in [0.1, 0.15) is 24.0 Å². The Balaban J connectivity index is 2.18. The van der Waals surface area contributed by atoms with Crippen LogP contribution in [-0.4, -0.2) is 35.6 Å². The van der Waals surface area contributed by atoms with E-state index in [9.17, 15) is 14.9 Å². The molecule has 2 atom stereocenters. The number of aromatic amines is 1. The number of hydrogen-bond donors (Lipinski definition) is 1. The van der Waals surface area contributed by atoms with Crippen LogP contribution in [0.2, 0.25) is 0 Å². The highest BCUT2D eigenvalue weighted by molar-refractivity contribution is 5.86. The summed E-state index contributed by atoms with van der Waals surface area (Å²) in [5.41, 5.74) is 2.15. The van der Waals surface area contributed by atoms with Crippen molar-refractivity contribution in [3.8, 4) is 5.75 Å². The predicted octanol–water partition coefficient (Wildman–Crippen LogP) is 3.52. The number of fused-ring (bicyclic) bond motifs is 1. The molecule has 0 spiro atoms. The Morgan fingerprint density at radius 1 is 1.19 bits per heavy atom. The highest BCUT2D eigenvalue weighted by Crippen LogP contribution is 2.35. The fourth-order valence-corrected chi connectivity index (χ4v) is 3.27. The van der Waals surface area contributed by atoms with Crippen molar-refractivity contribution in [2.75, 3.05) is 13.7 Å². The monoisotopic (exact) mass is 368 g/mol. The van der Waals surface area contributed by atoms with E-state index in [1.807, 2.05) is 24.3 Å². The lowest BCUT2D eigenvalue weighted by Crippen LogP contribution is -2.37. The van der Waals surface area contributed by atoms with Crippen LogP contribution >= 0.6 is 0 Å². The molecule has 27 heavy (non-hydrogen) atoms. The number of para-hydroxylation sites is 1. The number of carbonyl (C=O) groups excluding carboxylic acids is 1. The first kappa shape index (κ1) is 18.4. The van der Waals surface area contributed by atoms with Crippen molar-refractivity contribution in [2.45, 2.75) is 18.9 Å². The molecule has 0 radical (unpaired) electrons. The number of aromatic nitrogens is 1. The molecule has 1 heterocycles. The summed E-state index contributed by atoms with van der Waals surface area (Å²) in [6, 6.07) is 12.9. The van der Waals surface area contributed by atoms with Gasteiger partial charge in [0.25, 0.3) is 0 Å². The molecule has 2 aromatic carbocycles. The molecule has 0 bridgehead atoms. The number of carbonyl (C=O) groups is 1. The highest BCUT2D eigenvalue weighted by atomic mass is 16.6. The number of ether oxygens (including phenoxy) is 2. The number of nitrogens with one attached hydrogen (secondary N) is 1. The van der Waals surface area contributed by atoms with Crippen molar-refractivity contribution < 1.29 is 19.2 Å². The third kappa shape index (κ3) is 3.62. The van der Waals surface area contributed by atoms with Crippen LogP contribution in [0, 0.1) is 10.1 Å². The van der Waals surface area contributed by atoms with Crippen LogP contribution < -0.4 is 4.74 Å². The summed E-state index contributed by atoms with van der Waals surface area (Å²) in [5.74, 6) is -1.03. The summed E-state index contributed by atoms with van der Waals surface area (Å²) < 4.78 is 10.2. The van der Waals surface area contributed by atoms with Crippen LogP contribution in [0.4, 0.5) is 0 Å². The third-order valence-electron chi connectivity index (χ3n) is 4.50. The van der Waals surface area contributed by atoms with Crippen LogP contribution in [0.3, 0.4) is 0 Å². The van der Waals surface area contributed by atoms with E-state index in [0.29, 0.717) is 16.9 Å². The molecule has 0 fully saturated rings. The number of hydrogen-bond acceptors (Lipinski definition) is 5. The minimum atomic E-state index is -1.56. The quantitative estimate of drug-likeness (QED) is 0.391. The number of nitro groups is 1. The van der Waals surface area contributed by atoms with E-state index in [1.54, 1.807) is 44.5 Å². The molecule has 2 unspecified atom stereocenters. The third-order valence-corrected chi connectivity index (χ3v) is 4.50. The van der Waals surface area contributed by atoms with E-state index in [2.05, 4.69) is 4.98 Å². The Morgan fingerprint density at radius 2 is 1.89 bits per heavy atom. The lowest BCUT2D eigenvalue weighted by Gasteiger charge is -2.20. The number of esters is 1. The minimum absolute atomic E-state index is 0.0758. The fraction of sp³-hybridized carbons (Fsp3) is 0.250. The van der Waals surface area contributed by atoms with Gasteiger partial charge in [0.05, 0.1) is 19.6 Å². The zero-order valence-electron chi connectivity index (χ0n) is 15.0. The average Bonchev–Trinajstić information content (AvgIpc) is 3.09. The van der Waals surface area contributed by atoms with E-state index in [0.717, 1.165) is 10.9 Å². The summed E-state index contributed by atoms with van der Waals surface area (Å²) in [6.07, 6.45) is 1.72. The van der Waals surface area contributed by atoms with E-state index in [4.69, 9.17) is 9.47 Å². The van der Waals surface area contributed by atoms with Crippen LogP contribution in [0.5, 0.6) is 5.75 Å². The summed E-state index contributed by atoms with van der Waals surface area (Å²) in [7, 11) is 1.55. The molecular formula is C20H20N2O5. The van der Waals surface area contributed by atoms with Gasteiger partial charge in [-0.3, -0.25) is 10.1 Å². The number of methoxy groups -OCH3 is 1. The smallest absolute Gasteiger partial charge is 0.382 e. The molecule has 3 aromatic rings. The van der Waals surface area contributed by atoms with Crippen molar-refractivity contribution in [1.29, 1.82) is 0 Å². The maximum atomic E-state index is 12.5. The van der Waals surface area contributed by atoms with E-state index in [-0.39, 0.29) is 6.61 Å². The van der Waals surface area contributed by atoms with Gasteiger partial charge in [0, 0.05) is 22.0 Å². The first-order valence-corrected chi connectivity index (χ1v) is 8.57. The van der Waals surface area contributed by atoms with E-state index < -0.39 is 22.9 Å². The lowest BCUT2D eigenvalue weighted by molar-refractivity contribution is -0.513. The van der Waals surface area contributed by atoms with Crippen LogP contribution in [-0.2, 0) is 9.53 Å². The van der Waals surface area contributed by atoms with Gasteiger partial charge >= 0.3 is 12.0 Å². The second-order valence-electron chi connectivity index (χ2n) is 6.02. The molecule has 7 heteroatoms.